The molecular formula is C22H20BrN3O5. The highest BCUT2D eigenvalue weighted by Crippen LogP contribution is 2.37. The summed E-state index contributed by atoms with van der Waals surface area (Å²) < 4.78 is 11.7. The number of non-ortho nitro benzene ring substituents is 1. The molecule has 0 bridgehead atoms. The SMILES string of the molecule is COc1cc(C=Cc2ccc3c([N+](=O)[O-])cccc3n2)cc(Br)c1OCC(=O)N(C)C. The van der Waals surface area contributed by atoms with Gasteiger partial charge in [0.1, 0.15) is 0 Å². The van der Waals surface area contributed by atoms with E-state index in [2.05, 4.69) is 20.9 Å². The fraction of sp³-hybridized carbons (Fsp3) is 0.182. The second-order valence-corrected chi connectivity index (χ2v) is 7.64. The molecule has 0 saturated carbocycles. The Labute approximate surface area is 187 Å². The first-order valence-electron chi connectivity index (χ1n) is 9.23. The zero-order chi connectivity index (χ0) is 22.5. The number of hydrogen-bond acceptors (Lipinski definition) is 6. The van der Waals surface area contributed by atoms with Gasteiger partial charge in [-0.25, -0.2) is 4.98 Å². The standard InChI is InChI=1S/C22H20BrN3O5/c1-25(2)21(27)13-31-22-17(23)11-14(12-20(22)30-3)7-8-15-9-10-16-18(24-15)5-4-6-19(16)26(28)29/h4-12H,13H2,1-3H3. The fourth-order valence-electron chi connectivity index (χ4n) is 2.83. The minimum absolute atomic E-state index is 0.0255. The summed E-state index contributed by atoms with van der Waals surface area (Å²) in [6.45, 7) is -0.107. The van der Waals surface area contributed by atoms with Crippen LogP contribution in [0.2, 0.25) is 0 Å². The summed E-state index contributed by atoms with van der Waals surface area (Å²) in [7, 11) is 4.84. The van der Waals surface area contributed by atoms with E-state index in [-0.39, 0.29) is 18.2 Å². The lowest BCUT2D eigenvalue weighted by atomic mass is 10.1. The molecule has 0 saturated heterocycles. The van der Waals surface area contributed by atoms with Crippen LogP contribution < -0.4 is 9.47 Å². The number of carbonyl (C=O) groups excluding carboxylic acids is 1. The van der Waals surface area contributed by atoms with Crippen molar-refractivity contribution < 1.29 is 19.2 Å². The Morgan fingerprint density at radius 3 is 2.68 bits per heavy atom. The molecule has 0 aliphatic heterocycles. The summed E-state index contributed by atoms with van der Waals surface area (Å²) in [5.41, 5.74) is 2.04. The number of rotatable bonds is 7. The van der Waals surface area contributed by atoms with E-state index in [1.807, 2.05) is 12.1 Å². The minimum Gasteiger partial charge on any atom is -0.493 e. The molecule has 0 N–H and O–H groups in total. The number of halogens is 1. The smallest absolute Gasteiger partial charge is 0.278 e. The van der Waals surface area contributed by atoms with Gasteiger partial charge in [0.05, 0.1) is 33.1 Å². The van der Waals surface area contributed by atoms with Gasteiger partial charge in [0.25, 0.3) is 11.6 Å². The van der Waals surface area contributed by atoms with Crippen LogP contribution in [-0.4, -0.2) is 48.5 Å². The first kappa shape index (κ1) is 22.2. The molecule has 31 heavy (non-hydrogen) atoms. The first-order chi connectivity index (χ1) is 14.8. The Balaban J connectivity index is 1.86. The van der Waals surface area contributed by atoms with Gasteiger partial charge in [0.2, 0.25) is 0 Å². The number of ether oxygens (including phenoxy) is 2. The molecule has 0 radical (unpaired) electrons. The summed E-state index contributed by atoms with van der Waals surface area (Å²) in [4.78, 5) is 28.5. The molecule has 0 aliphatic carbocycles. The number of pyridine rings is 1. The van der Waals surface area contributed by atoms with Crippen molar-refractivity contribution in [1.82, 2.24) is 9.88 Å². The highest BCUT2D eigenvalue weighted by atomic mass is 79.9. The maximum atomic E-state index is 11.8. The van der Waals surface area contributed by atoms with E-state index in [0.717, 1.165) is 5.56 Å². The Morgan fingerprint density at radius 1 is 1.23 bits per heavy atom. The van der Waals surface area contributed by atoms with Crippen LogP contribution in [0.4, 0.5) is 5.69 Å². The Hall–Kier alpha value is -3.46. The number of nitro groups is 1. The quantitative estimate of drug-likeness (QED) is 0.359. The molecule has 3 rings (SSSR count). The van der Waals surface area contributed by atoms with E-state index >= 15 is 0 Å². The number of nitro benzene ring substituents is 1. The molecule has 0 atom stereocenters. The maximum Gasteiger partial charge on any atom is 0.278 e. The van der Waals surface area contributed by atoms with Crippen LogP contribution in [0, 0.1) is 10.1 Å². The number of amides is 1. The third-order valence-corrected chi connectivity index (χ3v) is 5.05. The molecule has 0 unspecified atom stereocenters. The summed E-state index contributed by atoms with van der Waals surface area (Å²) in [5.74, 6) is 0.745. The largest absolute Gasteiger partial charge is 0.493 e. The molecule has 0 aliphatic rings. The lowest BCUT2D eigenvalue weighted by molar-refractivity contribution is -0.383. The van der Waals surface area contributed by atoms with E-state index < -0.39 is 4.92 Å². The lowest BCUT2D eigenvalue weighted by Crippen LogP contribution is -2.27. The predicted molar refractivity (Wildman–Crippen MR) is 122 cm³/mol. The molecule has 1 heterocycles. The Bertz CT molecular complexity index is 1180. The number of nitrogens with zero attached hydrogens (tertiary/aromatic N) is 3. The van der Waals surface area contributed by atoms with Crippen molar-refractivity contribution in [1.29, 1.82) is 0 Å². The van der Waals surface area contributed by atoms with Gasteiger partial charge in [0.15, 0.2) is 18.1 Å². The average Bonchev–Trinajstić information content (AvgIpc) is 2.75. The molecule has 3 aromatic rings. The van der Waals surface area contributed by atoms with Crippen LogP contribution in [-0.2, 0) is 4.79 Å². The van der Waals surface area contributed by atoms with Crippen molar-refractivity contribution in [3.05, 3.63) is 68.3 Å². The summed E-state index contributed by atoms with van der Waals surface area (Å²) >= 11 is 3.46. The summed E-state index contributed by atoms with van der Waals surface area (Å²) in [6, 6.07) is 11.8. The van der Waals surface area contributed by atoms with Crippen LogP contribution >= 0.6 is 15.9 Å². The van der Waals surface area contributed by atoms with Crippen molar-refractivity contribution in [2.75, 3.05) is 27.8 Å². The van der Waals surface area contributed by atoms with Crippen molar-refractivity contribution in [3.63, 3.8) is 0 Å². The van der Waals surface area contributed by atoms with E-state index in [1.165, 1.54) is 18.1 Å². The molecule has 2 aromatic carbocycles. The summed E-state index contributed by atoms with van der Waals surface area (Å²) in [6.07, 6.45) is 3.64. The third kappa shape index (κ3) is 5.18. The first-order valence-corrected chi connectivity index (χ1v) is 10.0. The van der Waals surface area contributed by atoms with Gasteiger partial charge in [0, 0.05) is 20.2 Å². The zero-order valence-corrected chi connectivity index (χ0v) is 18.8. The zero-order valence-electron chi connectivity index (χ0n) is 17.2. The second-order valence-electron chi connectivity index (χ2n) is 6.78. The molecule has 160 valence electrons. The Morgan fingerprint density at radius 2 is 2.00 bits per heavy atom. The third-order valence-electron chi connectivity index (χ3n) is 4.46. The average molecular weight is 486 g/mol. The molecule has 1 amide bonds. The molecule has 0 fully saturated rings. The number of benzene rings is 2. The van der Waals surface area contributed by atoms with Gasteiger partial charge < -0.3 is 14.4 Å². The van der Waals surface area contributed by atoms with Crippen molar-refractivity contribution in [2.45, 2.75) is 0 Å². The molecule has 0 spiro atoms. The number of carbonyl (C=O) groups is 1. The van der Waals surface area contributed by atoms with Crippen molar-refractivity contribution in [2.24, 2.45) is 0 Å². The highest BCUT2D eigenvalue weighted by molar-refractivity contribution is 9.10. The topological polar surface area (TPSA) is 94.8 Å². The normalized spacial score (nSPS) is 11.0. The van der Waals surface area contributed by atoms with Crippen LogP contribution in [0.1, 0.15) is 11.3 Å². The molecule has 1 aromatic heterocycles. The van der Waals surface area contributed by atoms with E-state index in [9.17, 15) is 14.9 Å². The highest BCUT2D eigenvalue weighted by Gasteiger charge is 2.14. The minimum atomic E-state index is -0.418. The number of likely N-dealkylation sites (N-methyl/N-ethyl adjacent to an activating group) is 1. The number of aromatic nitrogens is 1. The second kappa shape index (κ2) is 9.57. The number of methoxy groups -OCH3 is 1. The fourth-order valence-corrected chi connectivity index (χ4v) is 3.40. The van der Waals surface area contributed by atoms with Crippen LogP contribution in [0.3, 0.4) is 0 Å². The van der Waals surface area contributed by atoms with Gasteiger partial charge in [-0.1, -0.05) is 12.1 Å². The Kier molecular flexibility index (Phi) is 6.86. The van der Waals surface area contributed by atoms with Gasteiger partial charge >= 0.3 is 0 Å². The molecule has 8 nitrogen and oxygen atoms in total. The predicted octanol–water partition coefficient (Wildman–Crippen LogP) is 4.55. The van der Waals surface area contributed by atoms with E-state index in [1.54, 1.807) is 50.5 Å². The maximum absolute atomic E-state index is 11.8. The van der Waals surface area contributed by atoms with Crippen LogP contribution in [0.5, 0.6) is 11.5 Å². The summed E-state index contributed by atoms with van der Waals surface area (Å²) in [5, 5.41) is 11.7. The van der Waals surface area contributed by atoms with Crippen molar-refractivity contribution in [3.8, 4) is 11.5 Å². The van der Waals surface area contributed by atoms with Gasteiger partial charge in [-0.3, -0.25) is 14.9 Å². The van der Waals surface area contributed by atoms with Gasteiger partial charge in [-0.15, -0.1) is 0 Å². The monoisotopic (exact) mass is 485 g/mol. The van der Waals surface area contributed by atoms with Crippen LogP contribution in [0.25, 0.3) is 23.1 Å². The lowest BCUT2D eigenvalue weighted by Gasteiger charge is -2.15. The van der Waals surface area contributed by atoms with Gasteiger partial charge in [-0.2, -0.15) is 0 Å². The molecular weight excluding hydrogens is 466 g/mol. The van der Waals surface area contributed by atoms with Crippen LogP contribution in [0.15, 0.2) is 46.9 Å². The molecule has 9 heteroatoms. The number of fused-ring (bicyclic) bond motifs is 1. The van der Waals surface area contributed by atoms with Crippen molar-refractivity contribution >= 4 is 50.6 Å². The number of hydrogen-bond donors (Lipinski definition) is 0. The van der Waals surface area contributed by atoms with E-state index in [4.69, 9.17) is 9.47 Å². The van der Waals surface area contributed by atoms with Gasteiger partial charge in [-0.05, 0) is 57.9 Å². The van der Waals surface area contributed by atoms with E-state index in [0.29, 0.717) is 32.6 Å².